The van der Waals surface area contributed by atoms with Crippen LogP contribution < -0.4 is 10.6 Å². The fourth-order valence-corrected chi connectivity index (χ4v) is 4.07. The Kier molecular flexibility index (Phi) is 5.93. The second-order valence-electron chi connectivity index (χ2n) is 7.63. The first-order valence-corrected chi connectivity index (χ1v) is 10.3. The van der Waals surface area contributed by atoms with E-state index < -0.39 is 24.5 Å². The van der Waals surface area contributed by atoms with Gasteiger partial charge in [-0.2, -0.15) is 0 Å². The van der Waals surface area contributed by atoms with Gasteiger partial charge in [0.15, 0.2) is 6.61 Å². The molecule has 2 N–H and O–H groups in total. The first-order chi connectivity index (χ1) is 14.6. The average molecular weight is 404 g/mol. The van der Waals surface area contributed by atoms with Crippen LogP contribution in [0.1, 0.15) is 42.5 Å². The van der Waals surface area contributed by atoms with Gasteiger partial charge in [0.05, 0.1) is 5.56 Å². The van der Waals surface area contributed by atoms with Crippen LogP contribution in [-0.2, 0) is 9.53 Å². The Morgan fingerprint density at radius 3 is 2.10 bits per heavy atom. The fraction of sp³-hybridized carbons (Fsp3) is 0.292. The van der Waals surface area contributed by atoms with E-state index in [9.17, 15) is 14.4 Å². The zero-order valence-electron chi connectivity index (χ0n) is 16.6. The molecule has 0 bridgehead atoms. The van der Waals surface area contributed by atoms with E-state index in [2.05, 4.69) is 10.6 Å². The van der Waals surface area contributed by atoms with Crippen LogP contribution in [0.4, 0.5) is 4.79 Å². The third-order valence-electron chi connectivity index (χ3n) is 5.50. The number of urea groups is 1. The topological polar surface area (TPSA) is 84.5 Å². The number of hydrogen-bond acceptors (Lipinski definition) is 4. The van der Waals surface area contributed by atoms with Gasteiger partial charge in [-0.1, -0.05) is 67.8 Å². The highest BCUT2D eigenvalue weighted by atomic mass is 16.5. The lowest BCUT2D eigenvalue weighted by molar-refractivity contribution is -0.123. The van der Waals surface area contributed by atoms with Gasteiger partial charge in [0, 0.05) is 6.04 Å². The molecule has 0 atom stereocenters. The van der Waals surface area contributed by atoms with Crippen LogP contribution in [0.3, 0.4) is 0 Å². The van der Waals surface area contributed by atoms with Gasteiger partial charge in [-0.3, -0.25) is 10.1 Å². The average Bonchev–Trinajstić information content (AvgIpc) is 2.76. The van der Waals surface area contributed by atoms with Crippen molar-refractivity contribution in [2.45, 2.75) is 38.1 Å². The minimum Gasteiger partial charge on any atom is -0.452 e. The van der Waals surface area contributed by atoms with Crippen molar-refractivity contribution in [2.75, 3.05) is 6.61 Å². The number of amides is 3. The molecule has 1 fully saturated rings. The van der Waals surface area contributed by atoms with Gasteiger partial charge in [0.25, 0.3) is 5.91 Å². The molecule has 3 aromatic rings. The molecule has 0 radical (unpaired) electrons. The number of fused-ring (bicyclic) bond motifs is 2. The highest BCUT2D eigenvalue weighted by molar-refractivity contribution is 6.16. The highest BCUT2D eigenvalue weighted by Crippen LogP contribution is 2.29. The number of benzene rings is 3. The van der Waals surface area contributed by atoms with E-state index in [1.54, 1.807) is 0 Å². The van der Waals surface area contributed by atoms with Gasteiger partial charge in [0.1, 0.15) is 0 Å². The summed E-state index contributed by atoms with van der Waals surface area (Å²) < 4.78 is 5.27. The van der Waals surface area contributed by atoms with Crippen LogP contribution in [0.15, 0.2) is 54.6 Å². The number of ether oxygens (including phenoxy) is 1. The molecular weight excluding hydrogens is 380 g/mol. The molecule has 0 aromatic heterocycles. The van der Waals surface area contributed by atoms with E-state index >= 15 is 0 Å². The third kappa shape index (κ3) is 4.43. The zero-order valence-corrected chi connectivity index (χ0v) is 16.6. The van der Waals surface area contributed by atoms with Gasteiger partial charge in [-0.15, -0.1) is 0 Å². The van der Waals surface area contributed by atoms with E-state index in [-0.39, 0.29) is 6.04 Å². The third-order valence-corrected chi connectivity index (χ3v) is 5.50. The van der Waals surface area contributed by atoms with Crippen molar-refractivity contribution in [1.29, 1.82) is 0 Å². The predicted molar refractivity (Wildman–Crippen MR) is 115 cm³/mol. The van der Waals surface area contributed by atoms with Crippen LogP contribution in [-0.4, -0.2) is 30.6 Å². The summed E-state index contributed by atoms with van der Waals surface area (Å²) in [5.41, 5.74) is 0.420. The molecule has 0 saturated heterocycles. The lowest BCUT2D eigenvalue weighted by Gasteiger charge is -2.22. The van der Waals surface area contributed by atoms with Crippen LogP contribution in [0.2, 0.25) is 0 Å². The van der Waals surface area contributed by atoms with Crippen molar-refractivity contribution in [2.24, 2.45) is 0 Å². The maximum atomic E-state index is 12.9. The van der Waals surface area contributed by atoms with Crippen LogP contribution in [0.25, 0.3) is 21.5 Å². The molecule has 30 heavy (non-hydrogen) atoms. The minimum absolute atomic E-state index is 0.0937. The Morgan fingerprint density at radius 1 is 0.867 bits per heavy atom. The number of esters is 1. The number of rotatable bonds is 4. The van der Waals surface area contributed by atoms with Gasteiger partial charge < -0.3 is 10.1 Å². The number of nitrogens with one attached hydrogen (secondary N) is 2. The van der Waals surface area contributed by atoms with Crippen molar-refractivity contribution in [3.8, 4) is 0 Å². The minimum atomic E-state index is -0.652. The van der Waals surface area contributed by atoms with E-state index in [1.807, 2.05) is 54.6 Å². The molecule has 3 amide bonds. The maximum absolute atomic E-state index is 12.9. The molecule has 0 heterocycles. The zero-order chi connectivity index (χ0) is 20.9. The van der Waals surface area contributed by atoms with E-state index in [0.717, 1.165) is 47.2 Å². The standard InChI is InChI=1S/C24H24N2O4/c27-21(26-24(29)25-18-10-2-1-3-11-18)15-30-23(28)22-19-12-6-4-8-16(19)14-17-9-5-7-13-20(17)22/h4-9,12-14,18H,1-3,10-11,15H2,(H2,25,26,27,29). The second kappa shape index (κ2) is 8.95. The molecule has 3 aromatic carbocycles. The number of hydrogen-bond donors (Lipinski definition) is 2. The van der Waals surface area contributed by atoms with Crippen molar-refractivity contribution >= 4 is 39.5 Å². The van der Waals surface area contributed by atoms with Gasteiger partial charge in [-0.25, -0.2) is 9.59 Å². The summed E-state index contributed by atoms with van der Waals surface area (Å²) in [6.45, 7) is -0.519. The smallest absolute Gasteiger partial charge is 0.339 e. The Bertz CT molecular complexity index is 1050. The Morgan fingerprint density at radius 2 is 1.47 bits per heavy atom. The normalized spacial score (nSPS) is 14.4. The first kappa shape index (κ1) is 19.9. The monoisotopic (exact) mass is 404 g/mol. The quantitative estimate of drug-likeness (QED) is 0.501. The largest absolute Gasteiger partial charge is 0.452 e. The molecule has 0 spiro atoms. The van der Waals surface area contributed by atoms with Crippen LogP contribution in [0, 0.1) is 0 Å². The fourth-order valence-electron chi connectivity index (χ4n) is 4.07. The van der Waals surface area contributed by atoms with E-state index in [1.165, 1.54) is 6.42 Å². The summed E-state index contributed by atoms with van der Waals surface area (Å²) in [6, 6.07) is 16.7. The Balaban J connectivity index is 1.44. The molecule has 6 heteroatoms. The predicted octanol–water partition coefficient (Wildman–Crippen LogP) is 4.31. The highest BCUT2D eigenvalue weighted by Gasteiger charge is 2.20. The summed E-state index contributed by atoms with van der Waals surface area (Å²) in [5.74, 6) is -1.24. The SMILES string of the molecule is O=C(COC(=O)c1c2ccccc2cc2ccccc12)NC(=O)NC1CCCCC1. The first-order valence-electron chi connectivity index (χ1n) is 10.3. The lowest BCUT2D eigenvalue weighted by Crippen LogP contribution is -2.46. The molecule has 6 nitrogen and oxygen atoms in total. The molecule has 0 aliphatic heterocycles. The van der Waals surface area contributed by atoms with Gasteiger partial charge >= 0.3 is 12.0 Å². The summed E-state index contributed by atoms with van der Waals surface area (Å²) in [7, 11) is 0. The number of carbonyl (C=O) groups excluding carboxylic acids is 3. The molecule has 0 unspecified atom stereocenters. The van der Waals surface area contributed by atoms with E-state index in [4.69, 9.17) is 4.74 Å². The molecule has 1 aliphatic rings. The summed E-state index contributed by atoms with van der Waals surface area (Å²) in [6.07, 6.45) is 5.18. The van der Waals surface area contributed by atoms with Crippen molar-refractivity contribution in [3.63, 3.8) is 0 Å². The molecule has 1 saturated carbocycles. The molecule has 4 rings (SSSR count). The lowest BCUT2D eigenvalue weighted by atomic mass is 9.96. The van der Waals surface area contributed by atoms with Gasteiger partial charge in [-0.05, 0) is 40.5 Å². The van der Waals surface area contributed by atoms with Crippen molar-refractivity contribution in [1.82, 2.24) is 10.6 Å². The van der Waals surface area contributed by atoms with Crippen LogP contribution in [0.5, 0.6) is 0 Å². The van der Waals surface area contributed by atoms with Gasteiger partial charge in [0.2, 0.25) is 0 Å². The van der Waals surface area contributed by atoms with E-state index in [0.29, 0.717) is 5.56 Å². The van der Waals surface area contributed by atoms with Crippen LogP contribution >= 0.6 is 0 Å². The number of carbonyl (C=O) groups is 3. The Labute approximate surface area is 174 Å². The summed E-state index contributed by atoms with van der Waals surface area (Å²) in [4.78, 5) is 37.0. The molecular formula is C24H24N2O4. The van der Waals surface area contributed by atoms with Crippen molar-refractivity contribution in [3.05, 3.63) is 60.2 Å². The molecule has 154 valence electrons. The number of imide groups is 1. The maximum Gasteiger partial charge on any atom is 0.339 e. The van der Waals surface area contributed by atoms with Crippen molar-refractivity contribution < 1.29 is 19.1 Å². The second-order valence-corrected chi connectivity index (χ2v) is 7.63. The molecule has 1 aliphatic carbocycles. The Hall–Kier alpha value is -3.41. The summed E-state index contributed by atoms with van der Waals surface area (Å²) in [5, 5.41) is 8.40. The summed E-state index contributed by atoms with van der Waals surface area (Å²) >= 11 is 0.